The fourth-order valence-electron chi connectivity index (χ4n) is 3.67. The largest absolute Gasteiger partial charge is 0.353 e. The highest BCUT2D eigenvalue weighted by Crippen LogP contribution is 2.16. The topological polar surface area (TPSA) is 98.2 Å². The van der Waals surface area contributed by atoms with E-state index < -0.39 is 23.6 Å². The Morgan fingerprint density at radius 3 is 2.41 bits per heavy atom. The minimum absolute atomic E-state index is 0.0977. The molecular weight excluding hydrogens is 415 g/mol. The zero-order valence-corrected chi connectivity index (χ0v) is 17.6. The third kappa shape index (κ3) is 4.43. The van der Waals surface area contributed by atoms with Crippen LogP contribution in [-0.2, 0) is 20.9 Å². The van der Waals surface area contributed by atoms with Crippen LogP contribution in [0.15, 0.2) is 53.7 Å². The number of amides is 2. The fourth-order valence-corrected chi connectivity index (χ4v) is 3.67. The van der Waals surface area contributed by atoms with Gasteiger partial charge in [0.1, 0.15) is 11.6 Å². The predicted octanol–water partition coefficient (Wildman–Crippen LogP) is 0.425. The molecule has 2 aromatic rings. The first-order chi connectivity index (χ1) is 15.4. The van der Waals surface area contributed by atoms with Crippen molar-refractivity contribution >= 4 is 29.4 Å². The summed E-state index contributed by atoms with van der Waals surface area (Å²) in [5.74, 6) is -1.52. The number of piperazine rings is 1. The molecule has 1 fully saturated rings. The van der Waals surface area contributed by atoms with E-state index in [9.17, 15) is 18.8 Å². The van der Waals surface area contributed by atoms with Crippen LogP contribution in [0.2, 0.25) is 0 Å². The van der Waals surface area contributed by atoms with Gasteiger partial charge in [0.05, 0.1) is 0 Å². The number of benzene rings is 1. The quantitative estimate of drug-likeness (QED) is 0.549. The second-order valence-electron chi connectivity index (χ2n) is 7.57. The number of aliphatic imine (C=N–C) groups is 1. The van der Waals surface area contributed by atoms with Gasteiger partial charge in [0.25, 0.3) is 17.6 Å². The number of nitrogens with one attached hydrogen (secondary N) is 1. The molecule has 10 heteroatoms. The molecule has 2 amide bonds. The maximum atomic E-state index is 13.0. The normalized spacial score (nSPS) is 19.1. The average molecular weight is 438 g/mol. The summed E-state index contributed by atoms with van der Waals surface area (Å²) in [5, 5.41) is 2.61. The van der Waals surface area contributed by atoms with Gasteiger partial charge in [0.15, 0.2) is 6.04 Å². The third-order valence-corrected chi connectivity index (χ3v) is 5.47. The van der Waals surface area contributed by atoms with Crippen molar-refractivity contribution in [1.82, 2.24) is 20.1 Å². The lowest BCUT2D eigenvalue weighted by Gasteiger charge is -2.40. The second-order valence-corrected chi connectivity index (χ2v) is 7.57. The van der Waals surface area contributed by atoms with Crippen LogP contribution in [0.4, 0.5) is 10.2 Å². The Hall–Kier alpha value is -3.82. The van der Waals surface area contributed by atoms with Crippen LogP contribution in [0, 0.1) is 5.82 Å². The Morgan fingerprint density at radius 1 is 1.06 bits per heavy atom. The number of pyridine rings is 1. The lowest BCUT2D eigenvalue weighted by atomic mass is 10.1. The number of ketones is 1. The van der Waals surface area contributed by atoms with Gasteiger partial charge >= 0.3 is 0 Å². The standard InChI is InChI=1S/C22H23FN6O3/c1-27-21(32)19(30)18(20(31)25-14-15-5-7-16(23)8-6-15)26-22(27)29-12-10-28(11-13-29)17-4-2-3-9-24-17/h2-9,18H,10-14H2,1H3,(H,25,31). The van der Waals surface area contributed by atoms with Crippen molar-refractivity contribution in [2.24, 2.45) is 4.99 Å². The summed E-state index contributed by atoms with van der Waals surface area (Å²) in [6, 6.07) is 9.91. The Morgan fingerprint density at radius 2 is 1.75 bits per heavy atom. The zero-order chi connectivity index (χ0) is 22.7. The van der Waals surface area contributed by atoms with E-state index in [0.29, 0.717) is 37.7 Å². The average Bonchev–Trinajstić information content (AvgIpc) is 2.83. The number of Topliss-reactive ketones (excluding diaryl/α,β-unsaturated/α-hetero) is 1. The van der Waals surface area contributed by atoms with Crippen molar-refractivity contribution in [1.29, 1.82) is 0 Å². The summed E-state index contributed by atoms with van der Waals surface area (Å²) >= 11 is 0. The number of carbonyl (C=O) groups is 3. The number of guanidine groups is 1. The summed E-state index contributed by atoms with van der Waals surface area (Å²) in [6.07, 6.45) is 1.74. The number of halogens is 1. The van der Waals surface area contributed by atoms with E-state index in [1.165, 1.54) is 36.2 Å². The first-order valence-corrected chi connectivity index (χ1v) is 10.3. The first-order valence-electron chi connectivity index (χ1n) is 10.3. The van der Waals surface area contributed by atoms with Gasteiger partial charge in [0, 0.05) is 46.0 Å². The molecule has 0 bridgehead atoms. The van der Waals surface area contributed by atoms with E-state index in [4.69, 9.17) is 0 Å². The van der Waals surface area contributed by atoms with Gasteiger partial charge in [-0.2, -0.15) is 0 Å². The van der Waals surface area contributed by atoms with Crippen molar-refractivity contribution < 1.29 is 18.8 Å². The highest BCUT2D eigenvalue weighted by molar-refractivity contribution is 6.45. The number of carbonyl (C=O) groups excluding carboxylic acids is 3. The number of likely N-dealkylation sites (N-methyl/N-ethyl adjacent to an activating group) is 1. The molecule has 4 rings (SSSR count). The molecule has 166 valence electrons. The van der Waals surface area contributed by atoms with E-state index >= 15 is 0 Å². The van der Waals surface area contributed by atoms with E-state index in [1.807, 2.05) is 23.1 Å². The maximum absolute atomic E-state index is 13.0. The summed E-state index contributed by atoms with van der Waals surface area (Å²) in [4.78, 5) is 51.5. The number of hydrogen-bond acceptors (Lipinski definition) is 7. The molecular formula is C22H23FN6O3. The van der Waals surface area contributed by atoms with Crippen molar-refractivity contribution in [3.63, 3.8) is 0 Å². The highest BCUT2D eigenvalue weighted by atomic mass is 19.1. The van der Waals surface area contributed by atoms with Gasteiger partial charge in [-0.15, -0.1) is 0 Å². The first kappa shape index (κ1) is 21.4. The van der Waals surface area contributed by atoms with Crippen molar-refractivity contribution in [2.45, 2.75) is 12.6 Å². The molecule has 0 aliphatic carbocycles. The van der Waals surface area contributed by atoms with Gasteiger partial charge in [-0.3, -0.25) is 19.3 Å². The summed E-state index contributed by atoms with van der Waals surface area (Å²) in [6.45, 7) is 2.54. The monoisotopic (exact) mass is 438 g/mol. The minimum Gasteiger partial charge on any atom is -0.353 e. The number of aromatic nitrogens is 1. The SMILES string of the molecule is CN1C(=O)C(=O)C(C(=O)NCc2ccc(F)cc2)N=C1N1CCN(c2ccccn2)CC1. The lowest BCUT2D eigenvalue weighted by Crippen LogP contribution is -2.60. The van der Waals surface area contributed by atoms with Crippen LogP contribution >= 0.6 is 0 Å². The number of hydrogen-bond donors (Lipinski definition) is 1. The molecule has 2 aliphatic rings. The highest BCUT2D eigenvalue weighted by Gasteiger charge is 2.41. The molecule has 9 nitrogen and oxygen atoms in total. The van der Waals surface area contributed by atoms with Crippen molar-refractivity contribution in [3.8, 4) is 0 Å². The second kappa shape index (κ2) is 9.13. The van der Waals surface area contributed by atoms with E-state index in [0.717, 1.165) is 5.82 Å². The third-order valence-electron chi connectivity index (χ3n) is 5.47. The van der Waals surface area contributed by atoms with Crippen LogP contribution in [-0.4, -0.2) is 77.6 Å². The van der Waals surface area contributed by atoms with Crippen molar-refractivity contribution in [3.05, 3.63) is 60.0 Å². The fraction of sp³-hybridized carbons (Fsp3) is 0.318. The van der Waals surface area contributed by atoms with E-state index in [1.54, 1.807) is 6.20 Å². The van der Waals surface area contributed by atoms with E-state index in [-0.39, 0.29) is 12.4 Å². The van der Waals surface area contributed by atoms with Gasteiger partial charge in [-0.1, -0.05) is 18.2 Å². The zero-order valence-electron chi connectivity index (χ0n) is 17.6. The molecule has 1 N–H and O–H groups in total. The smallest absolute Gasteiger partial charge is 0.299 e. The minimum atomic E-state index is -1.44. The molecule has 0 saturated carbocycles. The molecule has 3 heterocycles. The molecule has 1 unspecified atom stereocenters. The van der Waals surface area contributed by atoms with Gasteiger partial charge < -0.3 is 15.1 Å². The van der Waals surface area contributed by atoms with Crippen LogP contribution in [0.3, 0.4) is 0 Å². The van der Waals surface area contributed by atoms with Crippen LogP contribution in [0.5, 0.6) is 0 Å². The predicted molar refractivity (Wildman–Crippen MR) is 115 cm³/mol. The number of nitrogens with zero attached hydrogens (tertiary/aromatic N) is 5. The molecule has 0 radical (unpaired) electrons. The molecule has 1 aromatic heterocycles. The van der Waals surface area contributed by atoms with Gasteiger partial charge in [-0.25, -0.2) is 14.4 Å². The van der Waals surface area contributed by atoms with E-state index in [2.05, 4.69) is 20.2 Å². The summed E-state index contributed by atoms with van der Waals surface area (Å²) in [7, 11) is 1.48. The van der Waals surface area contributed by atoms with Crippen LogP contribution in [0.25, 0.3) is 0 Å². The summed E-state index contributed by atoms with van der Waals surface area (Å²) < 4.78 is 13.0. The number of anilines is 1. The Labute approximate surface area is 184 Å². The summed E-state index contributed by atoms with van der Waals surface area (Å²) in [5.41, 5.74) is 0.668. The Balaban J connectivity index is 1.44. The lowest BCUT2D eigenvalue weighted by molar-refractivity contribution is -0.145. The van der Waals surface area contributed by atoms with Gasteiger partial charge in [0.2, 0.25) is 5.96 Å². The van der Waals surface area contributed by atoms with Crippen molar-refractivity contribution in [2.75, 3.05) is 38.1 Å². The number of rotatable bonds is 4. The Bertz CT molecular complexity index is 1040. The molecule has 32 heavy (non-hydrogen) atoms. The van der Waals surface area contributed by atoms with Crippen LogP contribution < -0.4 is 10.2 Å². The van der Waals surface area contributed by atoms with Crippen LogP contribution in [0.1, 0.15) is 5.56 Å². The van der Waals surface area contributed by atoms with Gasteiger partial charge in [-0.05, 0) is 29.8 Å². The Kier molecular flexibility index (Phi) is 6.11. The maximum Gasteiger partial charge on any atom is 0.299 e. The molecule has 2 aliphatic heterocycles. The molecule has 0 spiro atoms. The molecule has 1 saturated heterocycles. The molecule has 1 atom stereocenters. The molecule has 1 aromatic carbocycles.